The molecule has 1 N–H and O–H groups in total. The lowest BCUT2D eigenvalue weighted by molar-refractivity contribution is 0.290. The molecule has 2 nitrogen and oxygen atoms in total. The van der Waals surface area contributed by atoms with Crippen molar-refractivity contribution in [3.63, 3.8) is 0 Å². The van der Waals surface area contributed by atoms with Crippen LogP contribution in [0.2, 0.25) is 0 Å². The molecule has 3 heteroatoms. The molecule has 0 aromatic heterocycles. The molecule has 0 aliphatic heterocycles. The first-order valence-corrected chi connectivity index (χ1v) is 7.58. The number of hydrogen-bond acceptors (Lipinski definition) is 2. The second kappa shape index (κ2) is 5.20. The number of benzene rings is 1. The first kappa shape index (κ1) is 14.2. The van der Waals surface area contributed by atoms with Crippen molar-refractivity contribution >= 4 is 12.4 Å². The van der Waals surface area contributed by atoms with Crippen molar-refractivity contribution in [2.75, 3.05) is 0 Å². The summed E-state index contributed by atoms with van der Waals surface area (Å²) >= 11 is 0. The van der Waals surface area contributed by atoms with Gasteiger partial charge in [0.1, 0.15) is 5.85 Å². The summed E-state index contributed by atoms with van der Waals surface area (Å²) in [4.78, 5) is 0. The molecular weight excluding hydrogens is 231 g/mol. The zero-order valence-corrected chi connectivity index (χ0v) is 11.8. The molecule has 94 valence electrons. The maximum Gasteiger partial charge on any atom is 0.151 e. The maximum atomic E-state index is 13.2. The third-order valence-electron chi connectivity index (χ3n) is 2.87. The van der Waals surface area contributed by atoms with Crippen molar-refractivity contribution in [2.45, 2.75) is 38.7 Å². The van der Waals surface area contributed by atoms with Crippen LogP contribution >= 0.6 is 7.14 Å². The Balaban J connectivity index is 3.37. The third kappa shape index (κ3) is 2.70. The smallest absolute Gasteiger partial charge is 0.151 e. The number of aliphatic hydroxyl groups excluding tert-OH is 1. The van der Waals surface area contributed by atoms with Crippen LogP contribution in [0.25, 0.3) is 0 Å². The van der Waals surface area contributed by atoms with Crippen LogP contribution in [0.5, 0.6) is 0 Å². The van der Waals surface area contributed by atoms with Crippen molar-refractivity contribution in [1.82, 2.24) is 0 Å². The normalized spacial score (nSPS) is 17.9. The Morgan fingerprint density at radius 2 is 1.76 bits per heavy atom. The lowest BCUT2D eigenvalue weighted by Gasteiger charge is -2.34. The van der Waals surface area contributed by atoms with Gasteiger partial charge in [-0.05, 0) is 6.92 Å². The molecule has 0 fully saturated rings. The maximum absolute atomic E-state index is 13.2. The summed E-state index contributed by atoms with van der Waals surface area (Å²) in [5, 5.41) is 10.5. The van der Waals surface area contributed by atoms with Gasteiger partial charge in [0.25, 0.3) is 0 Å². The zero-order valence-electron chi connectivity index (χ0n) is 10.9. The Kier molecular flexibility index (Phi) is 4.35. The standard InChI is InChI=1S/C14H21O2P/c1-5-9-13(15)17(16,14(2,3)4)12-10-7-6-8-11-12/h5-11,13,15H,1-4H3/b9-5+/t13-,17?/m0/s1. The van der Waals surface area contributed by atoms with Crippen LogP contribution < -0.4 is 5.30 Å². The van der Waals surface area contributed by atoms with Gasteiger partial charge in [-0.25, -0.2) is 0 Å². The second-order valence-electron chi connectivity index (χ2n) is 5.10. The largest absolute Gasteiger partial charge is 0.381 e. The van der Waals surface area contributed by atoms with Gasteiger partial charge in [0.2, 0.25) is 0 Å². The quantitative estimate of drug-likeness (QED) is 0.661. The minimum absolute atomic E-state index is 0.465. The van der Waals surface area contributed by atoms with Crippen LogP contribution in [-0.2, 0) is 4.57 Å². The molecule has 1 unspecified atom stereocenters. The van der Waals surface area contributed by atoms with E-state index in [1.807, 2.05) is 58.0 Å². The van der Waals surface area contributed by atoms with Gasteiger partial charge in [-0.1, -0.05) is 63.3 Å². The van der Waals surface area contributed by atoms with Crippen LogP contribution in [0.1, 0.15) is 27.7 Å². The Bertz CT molecular complexity index is 429. The van der Waals surface area contributed by atoms with Gasteiger partial charge in [-0.2, -0.15) is 0 Å². The molecule has 1 rings (SSSR count). The molecule has 1 aromatic carbocycles. The van der Waals surface area contributed by atoms with Crippen LogP contribution in [-0.4, -0.2) is 16.1 Å². The van der Waals surface area contributed by atoms with Gasteiger partial charge in [0.15, 0.2) is 7.14 Å². The molecule has 1 aromatic rings. The average Bonchev–Trinajstić information content (AvgIpc) is 2.28. The minimum Gasteiger partial charge on any atom is -0.381 e. The summed E-state index contributed by atoms with van der Waals surface area (Å²) in [5.74, 6) is -0.921. The van der Waals surface area contributed by atoms with E-state index in [1.165, 1.54) is 0 Å². The van der Waals surface area contributed by atoms with E-state index in [0.717, 1.165) is 5.30 Å². The molecule has 0 radical (unpaired) electrons. The number of allylic oxidation sites excluding steroid dienone is 1. The van der Waals surface area contributed by atoms with Crippen molar-refractivity contribution in [2.24, 2.45) is 0 Å². The molecule has 0 saturated heterocycles. The Morgan fingerprint density at radius 1 is 1.24 bits per heavy atom. The van der Waals surface area contributed by atoms with Gasteiger partial charge < -0.3 is 9.67 Å². The summed E-state index contributed by atoms with van der Waals surface area (Å²) in [5.41, 5.74) is 0. The molecule has 0 aliphatic rings. The van der Waals surface area contributed by atoms with Crippen molar-refractivity contribution in [1.29, 1.82) is 0 Å². The SMILES string of the molecule is C/C=C/[C@@H](O)P(=O)(c1ccccc1)C(C)(C)C. The predicted octanol–water partition coefficient (Wildman–Crippen LogP) is 3.37. The van der Waals surface area contributed by atoms with E-state index in [0.29, 0.717) is 0 Å². The van der Waals surface area contributed by atoms with Crippen molar-refractivity contribution in [3.8, 4) is 0 Å². The first-order valence-electron chi connectivity index (χ1n) is 5.80. The van der Waals surface area contributed by atoms with Crippen LogP contribution in [0.3, 0.4) is 0 Å². The lowest BCUT2D eigenvalue weighted by Crippen LogP contribution is -2.30. The summed E-state index contributed by atoms with van der Waals surface area (Å²) in [6.07, 6.45) is 3.35. The summed E-state index contributed by atoms with van der Waals surface area (Å²) in [7, 11) is -2.89. The van der Waals surface area contributed by atoms with E-state index in [4.69, 9.17) is 0 Å². The third-order valence-corrected chi connectivity index (χ3v) is 6.85. The fraction of sp³-hybridized carbons (Fsp3) is 0.429. The second-order valence-corrected chi connectivity index (χ2v) is 8.81. The van der Waals surface area contributed by atoms with Crippen LogP contribution in [0, 0.1) is 0 Å². The Morgan fingerprint density at radius 3 is 2.18 bits per heavy atom. The molecule has 0 aliphatic carbocycles. The summed E-state index contributed by atoms with van der Waals surface area (Å²) in [6.45, 7) is 7.55. The van der Waals surface area contributed by atoms with Crippen LogP contribution in [0.4, 0.5) is 0 Å². The molecule has 0 bridgehead atoms. The van der Waals surface area contributed by atoms with Gasteiger partial charge in [-0.15, -0.1) is 0 Å². The van der Waals surface area contributed by atoms with Gasteiger partial charge in [0, 0.05) is 10.5 Å². The van der Waals surface area contributed by atoms with Gasteiger partial charge in [-0.3, -0.25) is 0 Å². The van der Waals surface area contributed by atoms with E-state index >= 15 is 0 Å². The average molecular weight is 252 g/mol. The van der Waals surface area contributed by atoms with Crippen molar-refractivity contribution < 1.29 is 9.67 Å². The molecule has 17 heavy (non-hydrogen) atoms. The number of hydrogen-bond donors (Lipinski definition) is 1. The summed E-state index contributed by atoms with van der Waals surface area (Å²) < 4.78 is 13.2. The molecule has 0 amide bonds. The molecular formula is C14H21O2P. The highest BCUT2D eigenvalue weighted by Crippen LogP contribution is 2.59. The number of rotatable bonds is 3. The van der Waals surface area contributed by atoms with E-state index in [-0.39, 0.29) is 0 Å². The number of aliphatic hydroxyl groups is 1. The molecule has 0 spiro atoms. The highest BCUT2D eigenvalue weighted by Gasteiger charge is 2.42. The van der Waals surface area contributed by atoms with Crippen LogP contribution in [0.15, 0.2) is 42.5 Å². The predicted molar refractivity (Wildman–Crippen MR) is 74.3 cm³/mol. The fourth-order valence-electron chi connectivity index (χ4n) is 1.88. The Hall–Kier alpha value is -0.850. The van der Waals surface area contributed by atoms with Crippen molar-refractivity contribution in [3.05, 3.63) is 42.5 Å². The van der Waals surface area contributed by atoms with E-state index in [9.17, 15) is 9.67 Å². The van der Waals surface area contributed by atoms with Gasteiger partial charge >= 0.3 is 0 Å². The zero-order chi connectivity index (χ0) is 13.1. The monoisotopic (exact) mass is 252 g/mol. The van der Waals surface area contributed by atoms with E-state index in [2.05, 4.69) is 0 Å². The lowest BCUT2D eigenvalue weighted by atomic mass is 10.3. The fourth-order valence-corrected chi connectivity index (χ4v) is 4.78. The minimum atomic E-state index is -2.89. The molecule has 2 atom stereocenters. The topological polar surface area (TPSA) is 37.3 Å². The highest BCUT2D eigenvalue weighted by atomic mass is 31.2. The highest BCUT2D eigenvalue weighted by molar-refractivity contribution is 7.73. The van der Waals surface area contributed by atoms with Gasteiger partial charge in [0.05, 0.1) is 0 Å². The molecule has 0 heterocycles. The first-order chi connectivity index (χ1) is 7.84. The Labute approximate surface area is 104 Å². The summed E-state index contributed by atoms with van der Waals surface area (Å²) in [6, 6.07) is 9.27. The van der Waals surface area contributed by atoms with E-state index < -0.39 is 18.1 Å². The van der Waals surface area contributed by atoms with E-state index in [1.54, 1.807) is 12.2 Å². The molecule has 0 saturated carbocycles.